The largest absolute Gasteiger partial charge is 0.481 e. The number of amides is 3. The van der Waals surface area contributed by atoms with Gasteiger partial charge < -0.3 is 15.2 Å². The standard InChI is InChI=1S/C16H18N2O6/c1-16(8-24-3,7-12(19)20)17-13(21)9-4-5-10-11(6-9)15(23)18(2)14(10)22/h4-6H,7-8H2,1-3H3,(H,17,21)(H,19,20). The van der Waals surface area contributed by atoms with E-state index in [1.54, 1.807) is 6.92 Å². The van der Waals surface area contributed by atoms with Crippen molar-refractivity contribution in [2.45, 2.75) is 18.9 Å². The number of rotatable bonds is 6. The molecule has 128 valence electrons. The maximum Gasteiger partial charge on any atom is 0.305 e. The van der Waals surface area contributed by atoms with Gasteiger partial charge in [0.05, 0.1) is 29.7 Å². The number of imide groups is 1. The summed E-state index contributed by atoms with van der Waals surface area (Å²) < 4.78 is 4.98. The van der Waals surface area contributed by atoms with Gasteiger partial charge in [0.15, 0.2) is 0 Å². The lowest BCUT2D eigenvalue weighted by Gasteiger charge is -2.28. The Bertz CT molecular complexity index is 729. The lowest BCUT2D eigenvalue weighted by Crippen LogP contribution is -2.50. The van der Waals surface area contributed by atoms with Crippen LogP contribution in [0.2, 0.25) is 0 Å². The van der Waals surface area contributed by atoms with Crippen molar-refractivity contribution in [2.75, 3.05) is 20.8 Å². The van der Waals surface area contributed by atoms with Crippen molar-refractivity contribution >= 4 is 23.7 Å². The quantitative estimate of drug-likeness (QED) is 0.734. The summed E-state index contributed by atoms with van der Waals surface area (Å²) in [5.41, 5.74) is -0.545. The second-order valence-electron chi connectivity index (χ2n) is 5.95. The Hall–Kier alpha value is -2.74. The summed E-state index contributed by atoms with van der Waals surface area (Å²) >= 11 is 0. The summed E-state index contributed by atoms with van der Waals surface area (Å²) in [5.74, 6) is -2.52. The van der Waals surface area contributed by atoms with Crippen LogP contribution in [0.25, 0.3) is 0 Å². The van der Waals surface area contributed by atoms with Crippen molar-refractivity contribution < 1.29 is 29.0 Å². The number of hydrogen-bond donors (Lipinski definition) is 2. The molecule has 0 radical (unpaired) electrons. The van der Waals surface area contributed by atoms with Gasteiger partial charge in [-0.25, -0.2) is 0 Å². The fourth-order valence-electron chi connectivity index (χ4n) is 2.63. The first-order chi connectivity index (χ1) is 11.2. The third-order valence-corrected chi connectivity index (χ3v) is 3.77. The summed E-state index contributed by atoms with van der Waals surface area (Å²) in [6.45, 7) is 1.56. The molecular weight excluding hydrogens is 316 g/mol. The molecule has 24 heavy (non-hydrogen) atoms. The number of nitrogens with one attached hydrogen (secondary N) is 1. The molecule has 1 aliphatic rings. The van der Waals surface area contributed by atoms with E-state index in [0.29, 0.717) is 0 Å². The Kier molecular flexibility index (Phi) is 4.70. The molecule has 2 N–H and O–H groups in total. The third kappa shape index (κ3) is 3.28. The van der Waals surface area contributed by atoms with Gasteiger partial charge in [0.2, 0.25) is 0 Å². The third-order valence-electron chi connectivity index (χ3n) is 3.77. The minimum atomic E-state index is -1.10. The molecule has 1 heterocycles. The lowest BCUT2D eigenvalue weighted by atomic mass is 9.97. The topological polar surface area (TPSA) is 113 Å². The van der Waals surface area contributed by atoms with Crippen LogP contribution in [0.15, 0.2) is 18.2 Å². The number of fused-ring (bicyclic) bond motifs is 1. The first kappa shape index (κ1) is 17.6. The Balaban J connectivity index is 2.26. The number of carbonyl (C=O) groups is 4. The maximum atomic E-state index is 12.4. The van der Waals surface area contributed by atoms with Crippen LogP contribution in [-0.4, -0.2) is 60.0 Å². The van der Waals surface area contributed by atoms with E-state index in [-0.39, 0.29) is 29.7 Å². The summed E-state index contributed by atoms with van der Waals surface area (Å²) in [6, 6.07) is 4.17. The molecule has 1 aliphatic heterocycles. The van der Waals surface area contributed by atoms with Gasteiger partial charge in [-0.05, 0) is 25.1 Å². The Morgan fingerprint density at radius 1 is 1.25 bits per heavy atom. The van der Waals surface area contributed by atoms with Crippen molar-refractivity contribution in [1.82, 2.24) is 10.2 Å². The summed E-state index contributed by atoms with van der Waals surface area (Å²) in [6.07, 6.45) is -0.322. The molecule has 1 unspecified atom stereocenters. The molecule has 8 nitrogen and oxygen atoms in total. The van der Waals surface area contributed by atoms with E-state index in [0.717, 1.165) is 4.90 Å². The van der Waals surface area contributed by atoms with Gasteiger partial charge in [-0.2, -0.15) is 0 Å². The molecule has 2 rings (SSSR count). The van der Waals surface area contributed by atoms with Crippen molar-refractivity contribution in [1.29, 1.82) is 0 Å². The van der Waals surface area contributed by atoms with Gasteiger partial charge in [-0.15, -0.1) is 0 Å². The summed E-state index contributed by atoms with van der Waals surface area (Å²) in [5, 5.41) is 11.6. The molecule has 0 fully saturated rings. The second kappa shape index (κ2) is 6.40. The van der Waals surface area contributed by atoms with Crippen LogP contribution in [0, 0.1) is 0 Å². The molecule has 1 aromatic carbocycles. The molecular formula is C16H18N2O6. The highest BCUT2D eigenvalue weighted by molar-refractivity contribution is 6.21. The number of carboxylic acids is 1. The van der Waals surface area contributed by atoms with Crippen molar-refractivity contribution in [3.63, 3.8) is 0 Å². The number of benzene rings is 1. The smallest absolute Gasteiger partial charge is 0.305 e. The predicted molar refractivity (Wildman–Crippen MR) is 82.9 cm³/mol. The fraction of sp³-hybridized carbons (Fsp3) is 0.375. The van der Waals surface area contributed by atoms with E-state index in [4.69, 9.17) is 9.84 Å². The van der Waals surface area contributed by atoms with Crippen LogP contribution in [0.3, 0.4) is 0 Å². The molecule has 0 spiro atoms. The molecule has 0 aromatic heterocycles. The first-order valence-electron chi connectivity index (χ1n) is 7.18. The molecule has 0 saturated heterocycles. The van der Waals surface area contributed by atoms with E-state index >= 15 is 0 Å². The highest BCUT2D eigenvalue weighted by atomic mass is 16.5. The zero-order valence-corrected chi connectivity index (χ0v) is 13.6. The Morgan fingerprint density at radius 3 is 2.46 bits per heavy atom. The van der Waals surface area contributed by atoms with Gasteiger partial charge in [0, 0.05) is 19.7 Å². The molecule has 1 atom stereocenters. The van der Waals surface area contributed by atoms with Crippen LogP contribution in [-0.2, 0) is 9.53 Å². The molecule has 0 aliphatic carbocycles. The SMILES string of the molecule is COCC(C)(CC(=O)O)NC(=O)c1ccc2c(c1)C(=O)N(C)C2=O. The molecule has 8 heteroatoms. The van der Waals surface area contributed by atoms with Crippen LogP contribution >= 0.6 is 0 Å². The van der Waals surface area contributed by atoms with Gasteiger partial charge in [-0.3, -0.25) is 24.1 Å². The number of aliphatic carboxylic acids is 1. The minimum absolute atomic E-state index is 0.0101. The summed E-state index contributed by atoms with van der Waals surface area (Å²) in [7, 11) is 2.77. The normalized spacial score (nSPS) is 15.9. The number of nitrogens with zero attached hydrogens (tertiary/aromatic N) is 1. The van der Waals surface area contributed by atoms with Crippen LogP contribution in [0.5, 0.6) is 0 Å². The Morgan fingerprint density at radius 2 is 1.88 bits per heavy atom. The van der Waals surface area contributed by atoms with Crippen LogP contribution < -0.4 is 5.32 Å². The van der Waals surface area contributed by atoms with Crippen molar-refractivity contribution in [2.24, 2.45) is 0 Å². The number of carboxylic acid groups (broad SMARTS) is 1. The van der Waals surface area contributed by atoms with E-state index < -0.39 is 29.2 Å². The fourth-order valence-corrected chi connectivity index (χ4v) is 2.63. The highest BCUT2D eigenvalue weighted by Crippen LogP contribution is 2.23. The Labute approximate surface area is 138 Å². The number of hydrogen-bond acceptors (Lipinski definition) is 5. The average molecular weight is 334 g/mol. The average Bonchev–Trinajstić information content (AvgIpc) is 2.71. The second-order valence-corrected chi connectivity index (χ2v) is 5.95. The van der Waals surface area contributed by atoms with Gasteiger partial charge in [0.25, 0.3) is 17.7 Å². The molecule has 0 bridgehead atoms. The van der Waals surface area contributed by atoms with Gasteiger partial charge >= 0.3 is 5.97 Å². The summed E-state index contributed by atoms with van der Waals surface area (Å²) in [4.78, 5) is 48.2. The van der Waals surface area contributed by atoms with E-state index in [2.05, 4.69) is 5.32 Å². The highest BCUT2D eigenvalue weighted by Gasteiger charge is 2.34. The van der Waals surface area contributed by atoms with Gasteiger partial charge in [-0.1, -0.05) is 0 Å². The zero-order chi connectivity index (χ0) is 18.1. The minimum Gasteiger partial charge on any atom is -0.481 e. The predicted octanol–water partition coefficient (Wildman–Crippen LogP) is 0.522. The molecule has 1 aromatic rings. The lowest BCUT2D eigenvalue weighted by molar-refractivity contribution is -0.139. The van der Waals surface area contributed by atoms with E-state index in [9.17, 15) is 19.2 Å². The number of ether oxygens (including phenoxy) is 1. The van der Waals surface area contributed by atoms with Gasteiger partial charge in [0.1, 0.15) is 0 Å². The first-order valence-corrected chi connectivity index (χ1v) is 7.18. The molecule has 3 amide bonds. The van der Waals surface area contributed by atoms with E-state index in [1.807, 2.05) is 0 Å². The molecule has 0 saturated carbocycles. The van der Waals surface area contributed by atoms with Crippen LogP contribution in [0.4, 0.5) is 0 Å². The number of methoxy groups -OCH3 is 1. The maximum absolute atomic E-state index is 12.4. The monoisotopic (exact) mass is 334 g/mol. The van der Waals surface area contributed by atoms with E-state index in [1.165, 1.54) is 32.4 Å². The zero-order valence-electron chi connectivity index (χ0n) is 13.6. The number of carbonyl (C=O) groups excluding carboxylic acids is 3. The van der Waals surface area contributed by atoms with Crippen molar-refractivity contribution in [3.05, 3.63) is 34.9 Å². The van der Waals surface area contributed by atoms with Crippen molar-refractivity contribution in [3.8, 4) is 0 Å². The van der Waals surface area contributed by atoms with Crippen LogP contribution in [0.1, 0.15) is 44.4 Å².